The van der Waals surface area contributed by atoms with Crippen LogP contribution < -0.4 is 5.32 Å². The number of imidazole rings is 1. The van der Waals surface area contributed by atoms with Gasteiger partial charge in [0, 0.05) is 50.0 Å². The molecule has 0 bridgehead atoms. The smallest absolute Gasteiger partial charge is 0.137 e. The Balaban J connectivity index is 1.80. The van der Waals surface area contributed by atoms with Gasteiger partial charge in [-0.05, 0) is 27.8 Å². The molecule has 1 fully saturated rings. The maximum absolute atomic E-state index is 4.98. The van der Waals surface area contributed by atoms with Gasteiger partial charge in [-0.2, -0.15) is 0 Å². The molecule has 2 heterocycles. The molecule has 2 N–H and O–H groups in total. The molecule has 0 radical (unpaired) electrons. The van der Waals surface area contributed by atoms with Crippen LogP contribution in [0.25, 0.3) is 11.4 Å². The third kappa shape index (κ3) is 4.11. The van der Waals surface area contributed by atoms with Crippen LogP contribution in [0.3, 0.4) is 0 Å². The lowest BCUT2D eigenvalue weighted by atomic mass is 10.1. The Morgan fingerprint density at radius 2 is 1.72 bits per heavy atom. The zero-order valence-electron chi connectivity index (χ0n) is 15.9. The number of rotatable bonds is 6. The first-order valence-electron chi connectivity index (χ1n) is 9.34. The van der Waals surface area contributed by atoms with Crippen LogP contribution in [-0.2, 0) is 0 Å². The van der Waals surface area contributed by atoms with Crippen LogP contribution in [0, 0.1) is 6.92 Å². The van der Waals surface area contributed by atoms with Gasteiger partial charge in [0.25, 0.3) is 0 Å². The Bertz CT molecular complexity index is 656. The van der Waals surface area contributed by atoms with Crippen molar-refractivity contribution in [3.8, 4) is 11.4 Å². The molecule has 25 heavy (non-hydrogen) atoms. The predicted octanol–water partition coefficient (Wildman–Crippen LogP) is 2.67. The molecule has 2 aromatic rings. The SMILES string of the molecule is CNCC(c1nc(-c2ccccc2)[nH]c1C)N1CCN(C(C)C)CC1. The van der Waals surface area contributed by atoms with Crippen LogP contribution in [0.5, 0.6) is 0 Å². The van der Waals surface area contributed by atoms with Gasteiger partial charge in [0.05, 0.1) is 11.7 Å². The number of piperazine rings is 1. The highest BCUT2D eigenvalue weighted by Crippen LogP contribution is 2.26. The summed E-state index contributed by atoms with van der Waals surface area (Å²) in [7, 11) is 2.03. The van der Waals surface area contributed by atoms with Crippen molar-refractivity contribution in [1.29, 1.82) is 0 Å². The second-order valence-corrected chi connectivity index (χ2v) is 7.20. The number of aryl methyl sites for hydroxylation is 1. The highest BCUT2D eigenvalue weighted by molar-refractivity contribution is 5.55. The van der Waals surface area contributed by atoms with Gasteiger partial charge in [-0.15, -0.1) is 0 Å². The zero-order chi connectivity index (χ0) is 17.8. The summed E-state index contributed by atoms with van der Waals surface area (Å²) in [6.07, 6.45) is 0. The van der Waals surface area contributed by atoms with Gasteiger partial charge in [0.15, 0.2) is 0 Å². The van der Waals surface area contributed by atoms with Crippen LogP contribution in [0.4, 0.5) is 0 Å². The minimum absolute atomic E-state index is 0.313. The standard InChI is InChI=1S/C20H31N5/c1-15(2)24-10-12-25(13-11-24)18(14-21-4)19-16(3)22-20(23-19)17-8-6-5-7-9-17/h5-9,15,18,21H,10-14H2,1-4H3,(H,22,23). The molecule has 136 valence electrons. The van der Waals surface area contributed by atoms with E-state index in [1.54, 1.807) is 0 Å². The predicted molar refractivity (Wildman–Crippen MR) is 104 cm³/mol. The Kier molecular flexibility index (Phi) is 5.89. The molecule has 1 unspecified atom stereocenters. The first-order chi connectivity index (χ1) is 12.1. The van der Waals surface area contributed by atoms with E-state index in [1.165, 1.54) is 11.4 Å². The molecule has 3 rings (SSSR count). The maximum Gasteiger partial charge on any atom is 0.137 e. The molecular formula is C20H31N5. The summed E-state index contributed by atoms with van der Waals surface area (Å²) in [6.45, 7) is 12.1. The second-order valence-electron chi connectivity index (χ2n) is 7.20. The van der Waals surface area contributed by atoms with Gasteiger partial charge < -0.3 is 10.3 Å². The summed E-state index contributed by atoms with van der Waals surface area (Å²) in [4.78, 5) is 13.6. The van der Waals surface area contributed by atoms with Crippen molar-refractivity contribution in [2.24, 2.45) is 0 Å². The van der Waals surface area contributed by atoms with Crippen LogP contribution in [0.2, 0.25) is 0 Å². The summed E-state index contributed by atoms with van der Waals surface area (Å²) in [5, 5.41) is 3.36. The number of benzene rings is 1. The molecule has 5 heteroatoms. The Morgan fingerprint density at radius 1 is 1.08 bits per heavy atom. The van der Waals surface area contributed by atoms with E-state index >= 15 is 0 Å². The first-order valence-corrected chi connectivity index (χ1v) is 9.34. The van der Waals surface area contributed by atoms with E-state index in [0.29, 0.717) is 12.1 Å². The minimum Gasteiger partial charge on any atom is -0.342 e. The number of H-pyrrole nitrogens is 1. The highest BCUT2D eigenvalue weighted by atomic mass is 15.3. The van der Waals surface area contributed by atoms with Crippen LogP contribution in [0.1, 0.15) is 31.3 Å². The molecule has 5 nitrogen and oxygen atoms in total. The lowest BCUT2D eigenvalue weighted by Crippen LogP contribution is -2.51. The normalized spacial score (nSPS) is 18.0. The Morgan fingerprint density at radius 3 is 2.32 bits per heavy atom. The van der Waals surface area contributed by atoms with Gasteiger partial charge in [0.2, 0.25) is 0 Å². The molecule has 1 aliphatic heterocycles. The van der Waals surface area contributed by atoms with Gasteiger partial charge in [-0.3, -0.25) is 9.80 Å². The number of nitrogens with one attached hydrogen (secondary N) is 2. The molecule has 1 aliphatic rings. The summed E-state index contributed by atoms with van der Waals surface area (Å²) >= 11 is 0. The molecule has 0 aliphatic carbocycles. The quantitative estimate of drug-likeness (QED) is 0.848. The summed E-state index contributed by atoms with van der Waals surface area (Å²) in [6, 6.07) is 11.3. The monoisotopic (exact) mass is 341 g/mol. The molecule has 0 amide bonds. The largest absolute Gasteiger partial charge is 0.342 e. The highest BCUT2D eigenvalue weighted by Gasteiger charge is 2.28. The number of nitrogens with zero attached hydrogens (tertiary/aromatic N) is 3. The minimum atomic E-state index is 0.313. The van der Waals surface area contributed by atoms with Crippen molar-refractivity contribution in [2.75, 3.05) is 39.8 Å². The van der Waals surface area contributed by atoms with Gasteiger partial charge in [0.1, 0.15) is 5.82 Å². The summed E-state index contributed by atoms with van der Waals surface area (Å²) in [5.41, 5.74) is 3.49. The van der Waals surface area contributed by atoms with E-state index in [9.17, 15) is 0 Å². The fourth-order valence-electron chi connectivity index (χ4n) is 3.69. The number of hydrogen-bond donors (Lipinski definition) is 2. The Hall–Kier alpha value is -1.69. The zero-order valence-corrected chi connectivity index (χ0v) is 15.9. The van der Waals surface area contributed by atoms with E-state index in [0.717, 1.165) is 44.1 Å². The number of aromatic amines is 1. The van der Waals surface area contributed by atoms with E-state index < -0.39 is 0 Å². The molecule has 1 saturated heterocycles. The Labute approximate surface area is 151 Å². The number of aromatic nitrogens is 2. The second kappa shape index (κ2) is 8.13. The third-order valence-electron chi connectivity index (χ3n) is 5.20. The average molecular weight is 342 g/mol. The van der Waals surface area contributed by atoms with Gasteiger partial charge >= 0.3 is 0 Å². The first kappa shape index (κ1) is 18.1. The topological polar surface area (TPSA) is 47.2 Å². The molecule has 1 atom stereocenters. The molecule has 0 spiro atoms. The van der Waals surface area contributed by atoms with Crippen molar-refractivity contribution in [3.05, 3.63) is 41.7 Å². The van der Waals surface area contributed by atoms with Crippen molar-refractivity contribution < 1.29 is 0 Å². The number of hydrogen-bond acceptors (Lipinski definition) is 4. The fourth-order valence-corrected chi connectivity index (χ4v) is 3.69. The maximum atomic E-state index is 4.98. The number of likely N-dealkylation sites (N-methyl/N-ethyl adjacent to an activating group) is 1. The third-order valence-corrected chi connectivity index (χ3v) is 5.20. The van der Waals surface area contributed by atoms with Crippen LogP contribution in [0.15, 0.2) is 30.3 Å². The van der Waals surface area contributed by atoms with Gasteiger partial charge in [-0.25, -0.2) is 4.98 Å². The van der Waals surface area contributed by atoms with Crippen molar-refractivity contribution in [1.82, 2.24) is 25.1 Å². The lowest BCUT2D eigenvalue weighted by molar-refractivity contribution is 0.0766. The van der Waals surface area contributed by atoms with E-state index in [-0.39, 0.29) is 0 Å². The molecule has 0 saturated carbocycles. The van der Waals surface area contributed by atoms with E-state index in [2.05, 4.69) is 65.1 Å². The van der Waals surface area contributed by atoms with Crippen LogP contribution in [-0.4, -0.2) is 65.6 Å². The molecule has 1 aromatic heterocycles. The van der Waals surface area contributed by atoms with Crippen LogP contribution >= 0.6 is 0 Å². The van der Waals surface area contributed by atoms with Crippen molar-refractivity contribution in [3.63, 3.8) is 0 Å². The lowest BCUT2D eigenvalue weighted by Gasteiger charge is -2.40. The summed E-state index contributed by atoms with van der Waals surface area (Å²) < 4.78 is 0. The van der Waals surface area contributed by atoms with E-state index in [1.807, 2.05) is 13.1 Å². The molecular weight excluding hydrogens is 310 g/mol. The van der Waals surface area contributed by atoms with Crippen molar-refractivity contribution >= 4 is 0 Å². The fraction of sp³-hybridized carbons (Fsp3) is 0.550. The van der Waals surface area contributed by atoms with Gasteiger partial charge in [-0.1, -0.05) is 30.3 Å². The molecule has 1 aromatic carbocycles. The summed E-state index contributed by atoms with van der Waals surface area (Å²) in [5.74, 6) is 0.968. The van der Waals surface area contributed by atoms with Crippen molar-refractivity contribution in [2.45, 2.75) is 32.9 Å². The average Bonchev–Trinajstić information content (AvgIpc) is 3.02. The van der Waals surface area contributed by atoms with E-state index in [4.69, 9.17) is 4.98 Å².